The van der Waals surface area contributed by atoms with E-state index >= 15 is 0 Å². The van der Waals surface area contributed by atoms with Crippen molar-refractivity contribution < 1.29 is 14.3 Å². The van der Waals surface area contributed by atoms with Crippen LogP contribution >= 0.6 is 12.2 Å². The van der Waals surface area contributed by atoms with Crippen LogP contribution in [0.2, 0.25) is 0 Å². The molecule has 7 heteroatoms. The second-order valence-corrected chi connectivity index (χ2v) is 5.78. The minimum absolute atomic E-state index is 0.00887. The topological polar surface area (TPSA) is 79.5 Å². The zero-order valence-corrected chi connectivity index (χ0v) is 15.2. The fraction of sp³-hybridized carbons (Fsp3) is 0.105. The van der Waals surface area contributed by atoms with Gasteiger partial charge in [-0.2, -0.15) is 0 Å². The second-order valence-electron chi connectivity index (χ2n) is 5.37. The molecule has 0 spiro atoms. The Morgan fingerprint density at radius 3 is 2.27 bits per heavy atom. The normalized spacial score (nSPS) is 10.2. The molecule has 0 fully saturated rings. The summed E-state index contributed by atoms with van der Waals surface area (Å²) >= 11 is 4.97. The van der Waals surface area contributed by atoms with Crippen molar-refractivity contribution >= 4 is 35.2 Å². The molecule has 0 heterocycles. The van der Waals surface area contributed by atoms with E-state index in [9.17, 15) is 9.59 Å². The standard InChI is InChI=1S/C19H19N3O3S/c1-13-3-5-14(6-4-13)7-12-17(23)20-19(26)22-21-18(24)15-8-10-16(25-2)11-9-15/h3-12H,1-2H3,(H,21,24)(H2,20,22,23,26). The van der Waals surface area contributed by atoms with Crippen LogP contribution in [0.5, 0.6) is 5.75 Å². The first-order valence-electron chi connectivity index (χ1n) is 7.78. The van der Waals surface area contributed by atoms with E-state index in [-0.39, 0.29) is 11.0 Å². The maximum absolute atomic E-state index is 12.0. The van der Waals surface area contributed by atoms with Crippen LogP contribution in [0.25, 0.3) is 6.08 Å². The molecule has 2 aromatic rings. The van der Waals surface area contributed by atoms with E-state index in [4.69, 9.17) is 17.0 Å². The number of hydrazine groups is 1. The summed E-state index contributed by atoms with van der Waals surface area (Å²) in [6.07, 6.45) is 3.04. The third-order valence-electron chi connectivity index (χ3n) is 3.38. The van der Waals surface area contributed by atoms with Gasteiger partial charge in [-0.3, -0.25) is 25.8 Å². The monoisotopic (exact) mass is 369 g/mol. The second kappa shape index (κ2) is 9.33. The minimum Gasteiger partial charge on any atom is -0.497 e. The molecule has 0 aliphatic carbocycles. The van der Waals surface area contributed by atoms with Gasteiger partial charge in [0.05, 0.1) is 7.11 Å². The van der Waals surface area contributed by atoms with E-state index in [1.807, 2.05) is 31.2 Å². The highest BCUT2D eigenvalue weighted by Crippen LogP contribution is 2.10. The van der Waals surface area contributed by atoms with Gasteiger partial charge >= 0.3 is 0 Å². The van der Waals surface area contributed by atoms with Crippen LogP contribution in [-0.4, -0.2) is 24.0 Å². The van der Waals surface area contributed by atoms with Crippen molar-refractivity contribution in [3.05, 3.63) is 71.3 Å². The first-order chi connectivity index (χ1) is 12.5. The number of methoxy groups -OCH3 is 1. The van der Waals surface area contributed by atoms with Gasteiger partial charge in [-0.15, -0.1) is 0 Å². The number of hydrogen-bond donors (Lipinski definition) is 3. The molecular formula is C19H19N3O3S. The van der Waals surface area contributed by atoms with Crippen LogP contribution in [0.3, 0.4) is 0 Å². The Hall–Kier alpha value is -3.19. The molecule has 0 aliphatic heterocycles. The summed E-state index contributed by atoms with van der Waals surface area (Å²) < 4.78 is 5.03. The van der Waals surface area contributed by atoms with Crippen molar-refractivity contribution in [2.24, 2.45) is 0 Å². The molecular weight excluding hydrogens is 350 g/mol. The number of thiocarbonyl (C=S) groups is 1. The lowest BCUT2D eigenvalue weighted by atomic mass is 10.1. The van der Waals surface area contributed by atoms with Crippen molar-refractivity contribution in [2.45, 2.75) is 6.92 Å². The predicted molar refractivity (Wildman–Crippen MR) is 105 cm³/mol. The molecule has 0 saturated heterocycles. The smallest absolute Gasteiger partial charge is 0.269 e. The number of benzene rings is 2. The van der Waals surface area contributed by atoms with Gasteiger partial charge in [0.15, 0.2) is 5.11 Å². The van der Waals surface area contributed by atoms with Crippen LogP contribution in [-0.2, 0) is 4.79 Å². The summed E-state index contributed by atoms with van der Waals surface area (Å²) in [5.41, 5.74) is 7.36. The SMILES string of the molecule is COc1ccc(C(=O)NNC(=S)NC(=O)C=Cc2ccc(C)cc2)cc1. The highest BCUT2D eigenvalue weighted by Gasteiger charge is 2.06. The molecule has 134 valence electrons. The van der Waals surface area contributed by atoms with E-state index in [1.165, 1.54) is 6.08 Å². The molecule has 3 N–H and O–H groups in total. The van der Waals surface area contributed by atoms with Gasteiger partial charge in [0.2, 0.25) is 5.91 Å². The number of aryl methyl sites for hydroxylation is 1. The van der Waals surface area contributed by atoms with Crippen LogP contribution in [0.1, 0.15) is 21.5 Å². The Balaban J connectivity index is 1.79. The minimum atomic E-state index is -0.401. The van der Waals surface area contributed by atoms with Crippen LogP contribution in [0.15, 0.2) is 54.6 Å². The fourth-order valence-electron chi connectivity index (χ4n) is 1.96. The molecule has 26 heavy (non-hydrogen) atoms. The molecule has 0 saturated carbocycles. The van der Waals surface area contributed by atoms with Gasteiger partial charge < -0.3 is 4.74 Å². The molecule has 0 unspecified atom stereocenters. The number of nitrogens with one attached hydrogen (secondary N) is 3. The summed E-state index contributed by atoms with van der Waals surface area (Å²) in [6.45, 7) is 1.99. The van der Waals surface area contributed by atoms with Gasteiger partial charge in [-0.05, 0) is 55.0 Å². The van der Waals surface area contributed by atoms with Crippen molar-refractivity contribution in [1.29, 1.82) is 0 Å². The number of carbonyl (C=O) groups is 2. The summed E-state index contributed by atoms with van der Waals surface area (Å²) in [4.78, 5) is 23.8. The van der Waals surface area contributed by atoms with E-state index in [1.54, 1.807) is 37.5 Å². The number of ether oxygens (including phenoxy) is 1. The number of amides is 2. The third-order valence-corrected chi connectivity index (χ3v) is 3.59. The Morgan fingerprint density at radius 1 is 1.00 bits per heavy atom. The molecule has 0 atom stereocenters. The molecule has 0 radical (unpaired) electrons. The predicted octanol–water partition coefficient (Wildman–Crippen LogP) is 2.35. The van der Waals surface area contributed by atoms with Crippen molar-refractivity contribution in [3.63, 3.8) is 0 Å². The van der Waals surface area contributed by atoms with Crippen molar-refractivity contribution in [2.75, 3.05) is 7.11 Å². The third kappa shape index (κ3) is 6.03. The summed E-state index contributed by atoms with van der Waals surface area (Å²) in [6, 6.07) is 14.3. The molecule has 6 nitrogen and oxygen atoms in total. The lowest BCUT2D eigenvalue weighted by Gasteiger charge is -2.10. The molecule has 2 rings (SSSR count). The lowest BCUT2D eigenvalue weighted by molar-refractivity contribution is -0.115. The average Bonchev–Trinajstić information content (AvgIpc) is 2.65. The Labute approximate surface area is 157 Å². The molecule has 2 amide bonds. The molecule has 0 aromatic heterocycles. The number of rotatable bonds is 4. The van der Waals surface area contributed by atoms with E-state index in [0.29, 0.717) is 11.3 Å². The van der Waals surface area contributed by atoms with Gasteiger partial charge in [0, 0.05) is 11.6 Å². The van der Waals surface area contributed by atoms with Crippen LogP contribution in [0.4, 0.5) is 0 Å². The molecule has 0 bridgehead atoms. The highest BCUT2D eigenvalue weighted by atomic mass is 32.1. The van der Waals surface area contributed by atoms with Gasteiger partial charge in [-0.1, -0.05) is 29.8 Å². The summed E-state index contributed by atoms with van der Waals surface area (Å²) in [5, 5.41) is 2.44. The Bertz CT molecular complexity index is 815. The van der Waals surface area contributed by atoms with Crippen molar-refractivity contribution in [1.82, 2.24) is 16.2 Å². The van der Waals surface area contributed by atoms with Gasteiger partial charge in [0.25, 0.3) is 5.91 Å². The van der Waals surface area contributed by atoms with Gasteiger partial charge in [-0.25, -0.2) is 0 Å². The van der Waals surface area contributed by atoms with E-state index in [2.05, 4.69) is 16.2 Å². The van der Waals surface area contributed by atoms with Gasteiger partial charge in [0.1, 0.15) is 5.75 Å². The van der Waals surface area contributed by atoms with E-state index < -0.39 is 5.91 Å². The number of carbonyl (C=O) groups excluding carboxylic acids is 2. The van der Waals surface area contributed by atoms with Crippen LogP contribution < -0.4 is 20.9 Å². The zero-order valence-electron chi connectivity index (χ0n) is 14.4. The zero-order chi connectivity index (χ0) is 18.9. The highest BCUT2D eigenvalue weighted by molar-refractivity contribution is 7.80. The average molecular weight is 369 g/mol. The number of hydrogen-bond acceptors (Lipinski definition) is 4. The molecule has 0 aliphatic rings. The maximum Gasteiger partial charge on any atom is 0.269 e. The Kier molecular flexibility index (Phi) is 6.87. The quantitative estimate of drug-likeness (QED) is 0.438. The Morgan fingerprint density at radius 2 is 1.65 bits per heavy atom. The fourth-order valence-corrected chi connectivity index (χ4v) is 2.11. The summed E-state index contributed by atoms with van der Waals surface area (Å²) in [5.74, 6) is -0.140. The van der Waals surface area contributed by atoms with Crippen molar-refractivity contribution in [3.8, 4) is 5.75 Å². The maximum atomic E-state index is 12.0. The summed E-state index contributed by atoms with van der Waals surface area (Å²) in [7, 11) is 1.55. The van der Waals surface area contributed by atoms with E-state index in [0.717, 1.165) is 11.1 Å². The largest absolute Gasteiger partial charge is 0.497 e. The lowest BCUT2D eigenvalue weighted by Crippen LogP contribution is -2.48. The van der Waals surface area contributed by atoms with Crippen LogP contribution in [0, 0.1) is 6.92 Å². The molecule has 2 aromatic carbocycles. The first-order valence-corrected chi connectivity index (χ1v) is 8.19. The first kappa shape index (κ1) is 19.1.